The Kier molecular flexibility index (Phi) is 15.7. The normalized spacial score (nSPS) is 10.7. The molecule has 1 aromatic carbocycles. The van der Waals surface area contributed by atoms with E-state index in [1.54, 1.807) is 7.05 Å². The molecule has 27 heavy (non-hydrogen) atoms. The summed E-state index contributed by atoms with van der Waals surface area (Å²) in [5.74, 6) is 1.66. The van der Waals surface area contributed by atoms with Crippen molar-refractivity contribution in [3.63, 3.8) is 0 Å². The highest BCUT2D eigenvalue weighted by atomic mass is 127. The van der Waals surface area contributed by atoms with Crippen LogP contribution in [0.3, 0.4) is 0 Å². The average molecular weight is 491 g/mol. The Labute approximate surface area is 180 Å². The van der Waals surface area contributed by atoms with Gasteiger partial charge in [-0.15, -0.1) is 24.0 Å². The van der Waals surface area contributed by atoms with Crippen molar-refractivity contribution < 1.29 is 14.3 Å². The number of unbranched alkanes of at least 4 members (excludes halogenated alkanes) is 3. The summed E-state index contributed by atoms with van der Waals surface area (Å²) in [6.45, 7) is 4.53. The van der Waals surface area contributed by atoms with Crippen molar-refractivity contribution in [2.24, 2.45) is 4.99 Å². The summed E-state index contributed by atoms with van der Waals surface area (Å²) < 4.78 is 10.6. The lowest BCUT2D eigenvalue weighted by molar-refractivity contribution is -0.143. The summed E-state index contributed by atoms with van der Waals surface area (Å²) in [5.41, 5.74) is 0. The van der Waals surface area contributed by atoms with E-state index in [1.807, 2.05) is 44.3 Å². The fourth-order valence-electron chi connectivity index (χ4n) is 2.49. The highest BCUT2D eigenvalue weighted by Crippen LogP contribution is 2.08. The van der Waals surface area contributed by atoms with Crippen molar-refractivity contribution in [2.75, 3.05) is 40.4 Å². The highest BCUT2D eigenvalue weighted by molar-refractivity contribution is 14.0. The van der Waals surface area contributed by atoms with Gasteiger partial charge in [-0.2, -0.15) is 0 Å². The fourth-order valence-corrected chi connectivity index (χ4v) is 2.49. The topological polar surface area (TPSA) is 63.2 Å². The molecule has 0 bridgehead atoms. The number of aliphatic imine (C=N–C) groups is 1. The van der Waals surface area contributed by atoms with Crippen LogP contribution < -0.4 is 10.1 Å². The van der Waals surface area contributed by atoms with E-state index in [9.17, 15) is 4.79 Å². The molecule has 0 saturated carbocycles. The second-order valence-electron chi connectivity index (χ2n) is 6.03. The van der Waals surface area contributed by atoms with Gasteiger partial charge < -0.3 is 19.7 Å². The molecule has 0 saturated heterocycles. The van der Waals surface area contributed by atoms with Crippen molar-refractivity contribution >= 4 is 35.9 Å². The van der Waals surface area contributed by atoms with Crippen LogP contribution in [0.2, 0.25) is 0 Å². The van der Waals surface area contributed by atoms with Crippen molar-refractivity contribution in [2.45, 2.75) is 39.0 Å². The first-order chi connectivity index (χ1) is 12.7. The SMILES string of the molecule is CCOC(=O)CCCCCCNC(=NC)N(C)CCOc1ccccc1.I. The molecule has 1 N–H and O–H groups in total. The number of esters is 1. The minimum atomic E-state index is -0.0922. The highest BCUT2D eigenvalue weighted by Gasteiger charge is 2.05. The molecule has 0 radical (unpaired) electrons. The predicted molar refractivity (Wildman–Crippen MR) is 121 cm³/mol. The first kappa shape index (κ1) is 25.5. The van der Waals surface area contributed by atoms with Crippen molar-refractivity contribution in [1.29, 1.82) is 0 Å². The number of ether oxygens (including phenoxy) is 2. The molecular weight excluding hydrogens is 457 g/mol. The maximum atomic E-state index is 11.2. The zero-order chi connectivity index (χ0) is 19.0. The number of hydrogen-bond acceptors (Lipinski definition) is 4. The molecule has 0 aliphatic heterocycles. The van der Waals surface area contributed by atoms with E-state index >= 15 is 0 Å². The first-order valence-corrected chi connectivity index (χ1v) is 9.42. The lowest BCUT2D eigenvalue weighted by atomic mass is 10.1. The number of rotatable bonds is 12. The van der Waals surface area contributed by atoms with Crippen LogP contribution in [0.5, 0.6) is 5.75 Å². The van der Waals surface area contributed by atoms with Crippen LogP contribution in [0.4, 0.5) is 0 Å². The molecule has 0 aliphatic rings. The Balaban J connectivity index is 0.00000676. The van der Waals surface area contributed by atoms with Gasteiger partial charge in [0, 0.05) is 27.1 Å². The van der Waals surface area contributed by atoms with Crippen molar-refractivity contribution in [3.05, 3.63) is 30.3 Å². The molecule has 0 amide bonds. The minimum Gasteiger partial charge on any atom is -0.492 e. The zero-order valence-corrected chi connectivity index (χ0v) is 19.1. The number of carbonyl (C=O) groups is 1. The van der Waals surface area contributed by atoms with E-state index in [4.69, 9.17) is 9.47 Å². The summed E-state index contributed by atoms with van der Waals surface area (Å²) in [7, 11) is 3.79. The van der Waals surface area contributed by atoms with Gasteiger partial charge in [-0.25, -0.2) is 0 Å². The van der Waals surface area contributed by atoms with Gasteiger partial charge in [0.05, 0.1) is 13.2 Å². The van der Waals surface area contributed by atoms with E-state index in [0.29, 0.717) is 19.6 Å². The Bertz CT molecular complexity index is 526. The van der Waals surface area contributed by atoms with Crippen LogP contribution in [0.25, 0.3) is 0 Å². The first-order valence-electron chi connectivity index (χ1n) is 9.42. The number of hydrogen-bond donors (Lipinski definition) is 1. The van der Waals surface area contributed by atoms with E-state index < -0.39 is 0 Å². The molecule has 154 valence electrons. The summed E-state index contributed by atoms with van der Waals surface area (Å²) in [6, 6.07) is 9.81. The molecule has 1 aromatic rings. The lowest BCUT2D eigenvalue weighted by Crippen LogP contribution is -2.41. The number of nitrogens with zero attached hydrogens (tertiary/aromatic N) is 2. The molecule has 0 unspecified atom stereocenters. The maximum Gasteiger partial charge on any atom is 0.305 e. The van der Waals surface area contributed by atoms with Gasteiger partial charge in [-0.05, 0) is 31.9 Å². The number of guanidine groups is 1. The fraction of sp³-hybridized carbons (Fsp3) is 0.600. The molecule has 0 aromatic heterocycles. The van der Waals surface area contributed by atoms with Gasteiger partial charge >= 0.3 is 5.97 Å². The van der Waals surface area contributed by atoms with Crippen molar-refractivity contribution in [3.8, 4) is 5.75 Å². The summed E-state index contributed by atoms with van der Waals surface area (Å²) in [4.78, 5) is 17.6. The zero-order valence-electron chi connectivity index (χ0n) is 16.8. The van der Waals surface area contributed by atoms with Gasteiger partial charge in [0.25, 0.3) is 0 Å². The van der Waals surface area contributed by atoms with Crippen LogP contribution in [-0.2, 0) is 9.53 Å². The molecule has 1 rings (SSSR count). The van der Waals surface area contributed by atoms with Gasteiger partial charge in [0.2, 0.25) is 0 Å². The third-order valence-electron chi connectivity index (χ3n) is 3.91. The van der Waals surface area contributed by atoms with Crippen molar-refractivity contribution in [1.82, 2.24) is 10.2 Å². The van der Waals surface area contributed by atoms with Crippen LogP contribution >= 0.6 is 24.0 Å². The quantitative estimate of drug-likeness (QED) is 0.159. The summed E-state index contributed by atoms with van der Waals surface area (Å²) >= 11 is 0. The van der Waals surface area contributed by atoms with Crippen LogP contribution in [0, 0.1) is 0 Å². The molecule has 7 heteroatoms. The Hall–Kier alpha value is -1.51. The predicted octanol–water partition coefficient (Wildman–Crippen LogP) is 3.70. The summed E-state index contributed by atoms with van der Waals surface area (Å²) in [5, 5.41) is 3.37. The molecule has 0 aliphatic carbocycles. The van der Waals surface area contributed by atoms with E-state index in [-0.39, 0.29) is 29.9 Å². The molecule has 0 spiro atoms. The second kappa shape index (κ2) is 16.6. The van der Waals surface area contributed by atoms with Crippen LogP contribution in [0.15, 0.2) is 35.3 Å². The third-order valence-corrected chi connectivity index (χ3v) is 3.91. The molecule has 0 heterocycles. The van der Waals surface area contributed by atoms with E-state index in [0.717, 1.165) is 50.5 Å². The van der Waals surface area contributed by atoms with Gasteiger partial charge in [0.1, 0.15) is 12.4 Å². The number of halogens is 1. The monoisotopic (exact) mass is 491 g/mol. The second-order valence-corrected chi connectivity index (χ2v) is 6.03. The van der Waals surface area contributed by atoms with Gasteiger partial charge in [-0.3, -0.25) is 9.79 Å². The van der Waals surface area contributed by atoms with E-state index in [2.05, 4.69) is 15.2 Å². The third kappa shape index (κ3) is 12.5. The number of benzene rings is 1. The standard InChI is InChI=1S/C20H33N3O3.HI/c1-4-25-19(24)14-10-5-6-11-15-22-20(21-2)23(3)16-17-26-18-12-8-7-9-13-18;/h7-9,12-13H,4-6,10-11,14-17H2,1-3H3,(H,21,22);1H. The molecule has 6 nitrogen and oxygen atoms in total. The van der Waals surface area contributed by atoms with E-state index in [1.165, 1.54) is 0 Å². The van der Waals surface area contributed by atoms with Crippen LogP contribution in [0.1, 0.15) is 39.0 Å². The Morgan fingerprint density at radius 1 is 1.15 bits per heavy atom. The largest absolute Gasteiger partial charge is 0.492 e. The Morgan fingerprint density at radius 2 is 1.85 bits per heavy atom. The number of para-hydroxylation sites is 1. The maximum absolute atomic E-state index is 11.2. The minimum absolute atomic E-state index is 0. The number of likely N-dealkylation sites (N-methyl/N-ethyl adjacent to an activating group) is 1. The summed E-state index contributed by atoms with van der Waals surface area (Å²) in [6.07, 6.45) is 4.59. The Morgan fingerprint density at radius 3 is 2.52 bits per heavy atom. The molecular formula is C20H34IN3O3. The molecule has 0 fully saturated rings. The van der Waals surface area contributed by atoms with Gasteiger partial charge in [0.15, 0.2) is 5.96 Å². The number of nitrogens with one attached hydrogen (secondary N) is 1. The number of carbonyl (C=O) groups excluding carboxylic acids is 1. The van der Waals surface area contributed by atoms with Crippen LogP contribution in [-0.4, -0.2) is 57.2 Å². The lowest BCUT2D eigenvalue weighted by Gasteiger charge is -2.22. The van der Waals surface area contributed by atoms with Gasteiger partial charge in [-0.1, -0.05) is 31.0 Å². The molecule has 0 atom stereocenters. The average Bonchev–Trinajstić information content (AvgIpc) is 2.65. The smallest absolute Gasteiger partial charge is 0.305 e.